The van der Waals surface area contributed by atoms with E-state index in [1.807, 2.05) is 30.3 Å². The Bertz CT molecular complexity index is 850. The second-order valence-electron chi connectivity index (χ2n) is 5.85. The molecule has 3 heterocycles. The molecular weight excluding hydrogens is 318 g/mol. The summed E-state index contributed by atoms with van der Waals surface area (Å²) < 4.78 is 5.44. The topological polar surface area (TPSA) is 84.2 Å². The number of carbonyl (C=O) groups excluding carboxylic acids is 1. The van der Waals surface area contributed by atoms with E-state index in [0.717, 1.165) is 18.4 Å². The molecule has 4 rings (SSSR count). The number of likely N-dealkylation sites (tertiary alicyclic amines) is 1. The number of rotatable bonds is 3. The minimum absolute atomic E-state index is 0.185. The average Bonchev–Trinajstić information content (AvgIpc) is 3.32. The predicted molar refractivity (Wildman–Crippen MR) is 91.7 cm³/mol. The molecule has 1 aromatic carbocycles. The molecule has 0 saturated carbocycles. The van der Waals surface area contributed by atoms with Crippen LogP contribution >= 0.6 is 0 Å². The van der Waals surface area contributed by atoms with Crippen LogP contribution in [-0.2, 0) is 0 Å². The Kier molecular flexibility index (Phi) is 4.12. The molecule has 2 aromatic heterocycles. The number of hydrogen-bond donors (Lipinski definition) is 1. The number of urea groups is 1. The van der Waals surface area contributed by atoms with Crippen molar-refractivity contribution in [3.63, 3.8) is 0 Å². The van der Waals surface area contributed by atoms with E-state index in [1.165, 1.54) is 0 Å². The molecule has 7 heteroatoms. The number of amides is 2. The summed E-state index contributed by atoms with van der Waals surface area (Å²) >= 11 is 0. The summed E-state index contributed by atoms with van der Waals surface area (Å²) in [5, 5.41) is 6.91. The van der Waals surface area contributed by atoms with E-state index < -0.39 is 0 Å². The second kappa shape index (κ2) is 6.72. The normalized spacial score (nSPS) is 16.8. The molecular formula is C18H17N5O2. The molecule has 0 unspecified atom stereocenters. The van der Waals surface area contributed by atoms with Gasteiger partial charge in [0.2, 0.25) is 11.7 Å². The number of nitrogens with zero attached hydrogens (tertiary/aromatic N) is 4. The van der Waals surface area contributed by atoms with Gasteiger partial charge in [0.1, 0.15) is 6.04 Å². The highest BCUT2D eigenvalue weighted by molar-refractivity contribution is 5.89. The summed E-state index contributed by atoms with van der Waals surface area (Å²) in [5.41, 5.74) is 1.55. The Morgan fingerprint density at radius 2 is 2.08 bits per heavy atom. The molecule has 7 nitrogen and oxygen atoms in total. The van der Waals surface area contributed by atoms with Crippen molar-refractivity contribution < 1.29 is 9.32 Å². The van der Waals surface area contributed by atoms with Crippen LogP contribution in [0.15, 0.2) is 59.4 Å². The summed E-state index contributed by atoms with van der Waals surface area (Å²) in [6.07, 6.45) is 4.98. The van der Waals surface area contributed by atoms with Gasteiger partial charge in [0.15, 0.2) is 0 Å². The summed E-state index contributed by atoms with van der Waals surface area (Å²) in [6, 6.07) is 12.8. The van der Waals surface area contributed by atoms with E-state index in [1.54, 1.807) is 29.4 Å². The first-order chi connectivity index (χ1) is 12.3. The largest absolute Gasteiger partial charge is 0.337 e. The summed E-state index contributed by atoms with van der Waals surface area (Å²) in [6.45, 7) is 0.653. The standard InChI is InChI=1S/C18H17N5O2/c24-18(20-14-8-4-10-19-12-14)23-11-5-9-15(23)17-21-16(22-25-17)13-6-2-1-3-7-13/h1-4,6-8,10,12,15H,5,9,11H2,(H,20,24)/t15-/m0/s1. The maximum atomic E-state index is 12.6. The highest BCUT2D eigenvalue weighted by Crippen LogP contribution is 2.32. The van der Waals surface area contributed by atoms with E-state index in [-0.39, 0.29) is 12.1 Å². The van der Waals surface area contributed by atoms with Gasteiger partial charge in [-0.15, -0.1) is 0 Å². The molecule has 0 spiro atoms. The molecule has 0 bridgehead atoms. The Morgan fingerprint density at radius 1 is 1.20 bits per heavy atom. The average molecular weight is 335 g/mol. The molecule has 1 aliphatic rings. The van der Waals surface area contributed by atoms with Crippen LogP contribution < -0.4 is 5.32 Å². The Hall–Kier alpha value is -3.22. The van der Waals surface area contributed by atoms with Crippen molar-refractivity contribution in [3.8, 4) is 11.4 Å². The zero-order chi connectivity index (χ0) is 17.1. The molecule has 1 aliphatic heterocycles. The number of carbonyl (C=O) groups is 1. The van der Waals surface area contributed by atoms with Crippen molar-refractivity contribution >= 4 is 11.7 Å². The lowest BCUT2D eigenvalue weighted by molar-refractivity contribution is 0.193. The van der Waals surface area contributed by atoms with E-state index >= 15 is 0 Å². The van der Waals surface area contributed by atoms with Crippen LogP contribution in [0.4, 0.5) is 10.5 Å². The summed E-state index contributed by atoms with van der Waals surface area (Å²) in [4.78, 5) is 22.8. The number of aromatic nitrogens is 3. The van der Waals surface area contributed by atoms with Gasteiger partial charge in [0.05, 0.1) is 11.9 Å². The molecule has 0 radical (unpaired) electrons. The van der Waals surface area contributed by atoms with Crippen LogP contribution in [0.1, 0.15) is 24.8 Å². The molecule has 1 N–H and O–H groups in total. The van der Waals surface area contributed by atoms with Crippen LogP contribution in [0.5, 0.6) is 0 Å². The van der Waals surface area contributed by atoms with Crippen LogP contribution in [0, 0.1) is 0 Å². The van der Waals surface area contributed by atoms with Crippen LogP contribution in [0.3, 0.4) is 0 Å². The third-order valence-electron chi connectivity index (χ3n) is 4.19. The van der Waals surface area contributed by atoms with Crippen LogP contribution in [0.25, 0.3) is 11.4 Å². The van der Waals surface area contributed by atoms with Gasteiger partial charge in [-0.25, -0.2) is 4.79 Å². The first kappa shape index (κ1) is 15.3. The maximum absolute atomic E-state index is 12.6. The van der Waals surface area contributed by atoms with E-state index in [0.29, 0.717) is 23.9 Å². The van der Waals surface area contributed by atoms with Crippen molar-refractivity contribution in [2.24, 2.45) is 0 Å². The van der Waals surface area contributed by atoms with Crippen molar-refractivity contribution in [1.82, 2.24) is 20.0 Å². The fraction of sp³-hybridized carbons (Fsp3) is 0.222. The fourth-order valence-electron chi connectivity index (χ4n) is 2.97. The van der Waals surface area contributed by atoms with Gasteiger partial charge in [-0.2, -0.15) is 4.98 Å². The van der Waals surface area contributed by atoms with E-state index in [2.05, 4.69) is 20.4 Å². The SMILES string of the molecule is O=C(Nc1cccnc1)N1CCC[C@H]1c1nc(-c2ccccc2)no1. The zero-order valence-electron chi connectivity index (χ0n) is 13.5. The van der Waals surface area contributed by atoms with Gasteiger partial charge in [-0.1, -0.05) is 35.5 Å². The summed E-state index contributed by atoms with van der Waals surface area (Å²) in [7, 11) is 0. The first-order valence-corrected chi connectivity index (χ1v) is 8.18. The molecule has 1 atom stereocenters. The number of benzene rings is 1. The minimum atomic E-state index is -0.207. The number of anilines is 1. The highest BCUT2D eigenvalue weighted by Gasteiger charge is 2.34. The third-order valence-corrected chi connectivity index (χ3v) is 4.19. The first-order valence-electron chi connectivity index (χ1n) is 8.18. The van der Waals surface area contributed by atoms with Crippen LogP contribution in [0.2, 0.25) is 0 Å². The Balaban J connectivity index is 1.52. The Morgan fingerprint density at radius 3 is 2.88 bits per heavy atom. The number of pyridine rings is 1. The van der Waals surface area contributed by atoms with Gasteiger partial charge in [0, 0.05) is 18.3 Å². The van der Waals surface area contributed by atoms with Crippen molar-refractivity contribution in [3.05, 3.63) is 60.7 Å². The monoisotopic (exact) mass is 335 g/mol. The van der Waals surface area contributed by atoms with Crippen molar-refractivity contribution in [2.45, 2.75) is 18.9 Å². The molecule has 25 heavy (non-hydrogen) atoms. The van der Waals surface area contributed by atoms with Gasteiger partial charge >= 0.3 is 6.03 Å². The smallest absolute Gasteiger partial charge is 0.322 e. The quantitative estimate of drug-likeness (QED) is 0.792. The minimum Gasteiger partial charge on any atom is -0.337 e. The predicted octanol–water partition coefficient (Wildman–Crippen LogP) is 3.50. The summed E-state index contributed by atoms with van der Waals surface area (Å²) in [5.74, 6) is 1.01. The number of nitrogens with one attached hydrogen (secondary N) is 1. The molecule has 2 amide bonds. The van der Waals surface area contributed by atoms with Crippen LogP contribution in [-0.4, -0.2) is 32.6 Å². The van der Waals surface area contributed by atoms with E-state index in [9.17, 15) is 4.79 Å². The van der Waals surface area contributed by atoms with Crippen molar-refractivity contribution in [1.29, 1.82) is 0 Å². The van der Waals surface area contributed by atoms with Gasteiger partial charge < -0.3 is 14.7 Å². The molecule has 0 aliphatic carbocycles. The van der Waals surface area contributed by atoms with Gasteiger partial charge in [0.25, 0.3) is 0 Å². The van der Waals surface area contributed by atoms with E-state index in [4.69, 9.17) is 4.52 Å². The molecule has 1 fully saturated rings. The fourth-order valence-corrected chi connectivity index (χ4v) is 2.97. The zero-order valence-corrected chi connectivity index (χ0v) is 13.5. The molecule has 126 valence electrons. The second-order valence-corrected chi connectivity index (χ2v) is 5.85. The van der Waals surface area contributed by atoms with Gasteiger partial charge in [-0.05, 0) is 25.0 Å². The number of hydrogen-bond acceptors (Lipinski definition) is 5. The van der Waals surface area contributed by atoms with Gasteiger partial charge in [-0.3, -0.25) is 4.98 Å². The lowest BCUT2D eigenvalue weighted by Crippen LogP contribution is -2.34. The van der Waals surface area contributed by atoms with Crippen molar-refractivity contribution in [2.75, 3.05) is 11.9 Å². The molecule has 1 saturated heterocycles. The lowest BCUT2D eigenvalue weighted by atomic mass is 10.2. The lowest BCUT2D eigenvalue weighted by Gasteiger charge is -2.22. The molecule has 3 aromatic rings. The maximum Gasteiger partial charge on any atom is 0.322 e. The Labute approximate surface area is 144 Å². The third kappa shape index (κ3) is 3.21. The highest BCUT2D eigenvalue weighted by atomic mass is 16.5.